The fourth-order valence-corrected chi connectivity index (χ4v) is 6.85. The molecule has 26 heteroatoms. The van der Waals surface area contributed by atoms with Crippen LogP contribution in [0.1, 0.15) is 6.42 Å². The minimum atomic E-state index is -4.06. The fourth-order valence-electron chi connectivity index (χ4n) is 6.85. The molecule has 56 heavy (non-hydrogen) atoms. The summed E-state index contributed by atoms with van der Waals surface area (Å²) in [7, 11) is 0. The summed E-state index contributed by atoms with van der Waals surface area (Å²) in [6.45, 7) is -3.39. The van der Waals surface area contributed by atoms with Crippen LogP contribution in [-0.4, -0.2) is 231 Å². The van der Waals surface area contributed by atoms with Gasteiger partial charge >= 0.3 is 0 Å². The molecule has 1 amide bonds. The highest BCUT2D eigenvalue weighted by molar-refractivity contribution is 5.82. The van der Waals surface area contributed by atoms with Gasteiger partial charge in [-0.3, -0.25) is 4.79 Å². The number of hydrogen-bond donors (Lipinski definition) is 17. The van der Waals surface area contributed by atoms with Crippen molar-refractivity contribution < 1.29 is 93.1 Å². The molecular formula is C30H57F2N7O17. The number of alkyl halides is 2. The molecule has 3 aliphatic heterocycles. The lowest BCUT2D eigenvalue weighted by Gasteiger charge is -2.48. The first-order valence-corrected chi connectivity index (χ1v) is 18.0. The molecule has 0 aromatic carbocycles. The van der Waals surface area contributed by atoms with Crippen LogP contribution in [0.4, 0.5) is 8.78 Å². The van der Waals surface area contributed by atoms with Crippen molar-refractivity contribution in [2.75, 3.05) is 39.4 Å². The van der Waals surface area contributed by atoms with Crippen LogP contribution in [0.3, 0.4) is 0 Å². The summed E-state index contributed by atoms with van der Waals surface area (Å²) in [5, 5.41) is 109. The quantitative estimate of drug-likeness (QED) is 0.0647. The van der Waals surface area contributed by atoms with Crippen LogP contribution in [0.15, 0.2) is 0 Å². The number of hydrogen-bond acceptors (Lipinski definition) is 23. The number of aliphatic hydroxyl groups excluding tert-OH is 10. The molecule has 1 saturated carbocycles. The van der Waals surface area contributed by atoms with Crippen LogP contribution in [0, 0.1) is 0 Å². The smallest absolute Gasteiger partial charge is 0.294 e. The van der Waals surface area contributed by atoms with E-state index in [-0.39, 0.29) is 19.6 Å². The average molecular weight is 826 g/mol. The molecular weight excluding hydrogens is 768 g/mol. The molecule has 0 spiro atoms. The van der Waals surface area contributed by atoms with Gasteiger partial charge in [-0.15, -0.1) is 0 Å². The van der Waals surface area contributed by atoms with E-state index < -0.39 is 167 Å². The van der Waals surface area contributed by atoms with Crippen molar-refractivity contribution in [2.24, 2.45) is 28.7 Å². The Balaban J connectivity index is 1.59. The second kappa shape index (κ2) is 20.1. The Bertz CT molecular complexity index is 1250. The number of rotatable bonds is 17. The van der Waals surface area contributed by atoms with Crippen LogP contribution < -0.4 is 39.3 Å². The molecule has 4 rings (SSSR count). The third-order valence-corrected chi connectivity index (χ3v) is 10.3. The molecule has 0 aromatic heterocycles. The SMILES string of the molecule is NC[C@@H]1O[C@H](O[C@H]2[C@@H](O)[C@H](O[C@@H]3[C@@H](O)[C@H](NC(=O)[C@@H](O)C(F)(F)CN)C[C@H](N)[C@H]3O[C@H]3O[C@H](CNCC(O)CO)[C@@H](O)[C@H](O)[C@H]3N)O[C@@H]2CO)[C@H](N)[C@@H](O)[C@@H]1O. The average Bonchev–Trinajstić information content (AvgIpc) is 3.47. The van der Waals surface area contributed by atoms with Gasteiger partial charge < -0.3 is 119 Å². The molecule has 0 bridgehead atoms. The standard InChI is InChI=1S/C30H57F2N7O17/c31-30(32,7-34)25(49)26(50)39-10-1-9(35)22(54-28-15(37)20(47)18(45)12(52-28)4-38-3-8(42)5-40)24(16(10)43)56-29-21(48)23(13(6-41)53-29)55-27-14(36)19(46)17(44)11(2-33)51-27/h8-25,27-29,38,40-49H,1-7,33-37H2,(H,39,50)/t8?,9-,10+,11-,12+,13+,14+,15+,16-,17+,18+,19+,20+,21+,22+,23+,24+,25+,27+,28+,29-/m0/s1. The van der Waals surface area contributed by atoms with Gasteiger partial charge in [-0.1, -0.05) is 0 Å². The Morgan fingerprint density at radius 3 is 1.84 bits per heavy atom. The molecule has 1 aliphatic carbocycles. The summed E-state index contributed by atoms with van der Waals surface area (Å²) in [6, 6.07) is -5.71. The van der Waals surface area contributed by atoms with Crippen LogP contribution in [0.2, 0.25) is 0 Å². The zero-order valence-corrected chi connectivity index (χ0v) is 30.0. The van der Waals surface area contributed by atoms with E-state index in [1.807, 2.05) is 0 Å². The van der Waals surface area contributed by atoms with E-state index in [0.717, 1.165) is 0 Å². The predicted octanol–water partition coefficient (Wildman–Crippen LogP) is -10.8. The van der Waals surface area contributed by atoms with E-state index in [0.29, 0.717) is 0 Å². The second-order valence-electron chi connectivity index (χ2n) is 14.3. The van der Waals surface area contributed by atoms with Crippen molar-refractivity contribution in [1.29, 1.82) is 0 Å². The van der Waals surface area contributed by atoms with Crippen molar-refractivity contribution >= 4 is 5.91 Å². The number of halogens is 2. The summed E-state index contributed by atoms with van der Waals surface area (Å²) in [5.41, 5.74) is 29.2. The van der Waals surface area contributed by atoms with Gasteiger partial charge in [-0.05, 0) is 6.42 Å². The molecule has 1 unspecified atom stereocenters. The highest BCUT2D eigenvalue weighted by Crippen LogP contribution is 2.35. The van der Waals surface area contributed by atoms with Gasteiger partial charge in [0.05, 0.1) is 44.0 Å². The largest absolute Gasteiger partial charge is 0.394 e. The molecule has 0 radical (unpaired) electrons. The number of nitrogens with one attached hydrogen (secondary N) is 2. The molecule has 3 saturated heterocycles. The van der Waals surface area contributed by atoms with E-state index >= 15 is 0 Å². The van der Waals surface area contributed by atoms with Gasteiger partial charge in [0, 0.05) is 25.7 Å². The zero-order chi connectivity index (χ0) is 41.8. The van der Waals surface area contributed by atoms with Crippen LogP contribution >= 0.6 is 0 Å². The highest BCUT2D eigenvalue weighted by atomic mass is 19.3. The lowest BCUT2D eigenvalue weighted by Crippen LogP contribution is -2.69. The fraction of sp³-hybridized carbons (Fsp3) is 0.967. The normalized spacial score (nSPS) is 44.7. The maximum atomic E-state index is 14.1. The monoisotopic (exact) mass is 825 g/mol. The van der Waals surface area contributed by atoms with Gasteiger partial charge in [0.15, 0.2) is 25.0 Å². The van der Waals surface area contributed by atoms with Crippen molar-refractivity contribution in [3.63, 3.8) is 0 Å². The van der Waals surface area contributed by atoms with Gasteiger partial charge in [0.1, 0.15) is 73.2 Å². The minimum Gasteiger partial charge on any atom is -0.394 e. The van der Waals surface area contributed by atoms with Crippen molar-refractivity contribution in [1.82, 2.24) is 10.6 Å². The number of carbonyl (C=O) groups is 1. The molecule has 21 atom stereocenters. The molecule has 3 heterocycles. The maximum absolute atomic E-state index is 14.1. The molecule has 22 N–H and O–H groups in total. The summed E-state index contributed by atoms with van der Waals surface area (Å²) in [5.74, 6) is -5.70. The first-order chi connectivity index (χ1) is 26.3. The molecule has 24 nitrogen and oxygen atoms in total. The third-order valence-electron chi connectivity index (χ3n) is 10.3. The van der Waals surface area contributed by atoms with Crippen LogP contribution in [-0.2, 0) is 33.2 Å². The van der Waals surface area contributed by atoms with E-state index in [1.54, 1.807) is 0 Å². The van der Waals surface area contributed by atoms with E-state index in [2.05, 4.69) is 10.6 Å². The lowest BCUT2D eigenvalue weighted by atomic mass is 9.83. The first kappa shape index (κ1) is 47.1. The summed E-state index contributed by atoms with van der Waals surface area (Å²) < 4.78 is 63.1. The van der Waals surface area contributed by atoms with Crippen LogP contribution in [0.25, 0.3) is 0 Å². The number of nitrogens with two attached hydrogens (primary N) is 5. The second-order valence-corrected chi connectivity index (χ2v) is 14.3. The molecule has 328 valence electrons. The molecule has 0 aromatic rings. The van der Waals surface area contributed by atoms with E-state index in [1.165, 1.54) is 0 Å². The topological polar surface area (TPSA) is 429 Å². The van der Waals surface area contributed by atoms with Gasteiger partial charge in [-0.25, -0.2) is 8.78 Å². The highest BCUT2D eigenvalue weighted by Gasteiger charge is 2.55. The Morgan fingerprint density at radius 2 is 1.29 bits per heavy atom. The molecule has 4 aliphatic rings. The minimum absolute atomic E-state index is 0.135. The Hall–Kier alpha value is -1.55. The summed E-state index contributed by atoms with van der Waals surface area (Å²) in [6.07, 6.45) is -28.3. The Labute approximate surface area is 318 Å². The van der Waals surface area contributed by atoms with E-state index in [4.69, 9.17) is 62.2 Å². The van der Waals surface area contributed by atoms with Gasteiger partial charge in [-0.2, -0.15) is 0 Å². The van der Waals surface area contributed by atoms with Gasteiger partial charge in [0.2, 0.25) is 0 Å². The number of amides is 1. The number of carbonyl (C=O) groups excluding carboxylic acids is 1. The first-order valence-electron chi connectivity index (χ1n) is 18.0. The summed E-state index contributed by atoms with van der Waals surface area (Å²) >= 11 is 0. The van der Waals surface area contributed by atoms with Crippen molar-refractivity contribution in [3.05, 3.63) is 0 Å². The van der Waals surface area contributed by atoms with Crippen molar-refractivity contribution in [3.8, 4) is 0 Å². The van der Waals surface area contributed by atoms with Crippen molar-refractivity contribution in [2.45, 2.75) is 141 Å². The molecule has 4 fully saturated rings. The zero-order valence-electron chi connectivity index (χ0n) is 30.0. The maximum Gasteiger partial charge on any atom is 0.294 e. The summed E-state index contributed by atoms with van der Waals surface area (Å²) in [4.78, 5) is 12.7. The van der Waals surface area contributed by atoms with E-state index in [9.17, 15) is 59.5 Å². The van der Waals surface area contributed by atoms with Crippen LogP contribution in [0.5, 0.6) is 0 Å². The Kier molecular flexibility index (Phi) is 16.9. The number of ether oxygens (including phenoxy) is 6. The number of aliphatic hydroxyl groups is 10. The lowest BCUT2D eigenvalue weighted by molar-refractivity contribution is -0.308. The third kappa shape index (κ3) is 10.4. The Morgan fingerprint density at radius 1 is 0.750 bits per heavy atom. The predicted molar refractivity (Wildman–Crippen MR) is 179 cm³/mol. The van der Waals surface area contributed by atoms with Gasteiger partial charge in [0.25, 0.3) is 11.8 Å².